The zero-order chi connectivity index (χ0) is 25.6. The Morgan fingerprint density at radius 1 is 1.17 bits per heavy atom. The number of hydrogen-bond acceptors (Lipinski definition) is 7. The standard InChI is InChI=1S/C27H27N3O5S/c1-5-6-24-28-19(14-36-24)17-7-9-22-21(11-17)30(25(31)13-34-22)15(2)26(32)18-8-10-23-20(12-18)29(4)27(33)16(3)35-23/h7-12,14-16H,5-6,13H2,1-4H3. The van der Waals surface area contributed by atoms with Gasteiger partial charge in [-0.15, -0.1) is 11.3 Å². The lowest BCUT2D eigenvalue weighted by molar-refractivity contribution is -0.125. The molecule has 5 rings (SSSR count). The second kappa shape index (κ2) is 9.39. The summed E-state index contributed by atoms with van der Waals surface area (Å²) in [4.78, 5) is 46.6. The summed E-state index contributed by atoms with van der Waals surface area (Å²) in [6.07, 6.45) is 1.35. The van der Waals surface area contributed by atoms with E-state index in [1.807, 2.05) is 23.6 Å². The number of rotatable bonds is 6. The molecule has 2 atom stereocenters. The van der Waals surface area contributed by atoms with E-state index < -0.39 is 12.1 Å². The van der Waals surface area contributed by atoms with Crippen molar-refractivity contribution >= 4 is 40.3 Å². The first kappa shape index (κ1) is 24.0. The Labute approximate surface area is 213 Å². The lowest BCUT2D eigenvalue weighted by Crippen LogP contribution is -2.48. The summed E-state index contributed by atoms with van der Waals surface area (Å²) in [5.41, 5.74) is 3.14. The fourth-order valence-electron chi connectivity index (χ4n) is 4.55. The van der Waals surface area contributed by atoms with Crippen LogP contribution < -0.4 is 19.3 Å². The fourth-order valence-corrected chi connectivity index (χ4v) is 5.46. The number of hydrogen-bond donors (Lipinski definition) is 0. The molecule has 2 aliphatic heterocycles. The van der Waals surface area contributed by atoms with Crippen LogP contribution in [0.4, 0.5) is 11.4 Å². The van der Waals surface area contributed by atoms with Gasteiger partial charge in [-0.1, -0.05) is 6.92 Å². The van der Waals surface area contributed by atoms with Crippen molar-refractivity contribution in [2.75, 3.05) is 23.5 Å². The van der Waals surface area contributed by atoms with Crippen molar-refractivity contribution in [3.05, 3.63) is 52.3 Å². The number of aryl methyl sites for hydroxylation is 1. The molecule has 3 heterocycles. The predicted octanol–water partition coefficient (Wildman–Crippen LogP) is 4.50. The molecule has 9 heteroatoms. The Hall–Kier alpha value is -3.72. The summed E-state index contributed by atoms with van der Waals surface area (Å²) in [6.45, 7) is 5.37. The van der Waals surface area contributed by atoms with Gasteiger partial charge in [0.15, 0.2) is 18.5 Å². The number of Topliss-reactive ketones (excluding diaryl/α,β-unsaturated/α-hetero) is 1. The van der Waals surface area contributed by atoms with E-state index in [2.05, 4.69) is 6.92 Å². The second-order valence-corrected chi connectivity index (χ2v) is 9.93. The van der Waals surface area contributed by atoms with Crippen molar-refractivity contribution in [2.45, 2.75) is 45.8 Å². The minimum Gasteiger partial charge on any atom is -0.482 e. The van der Waals surface area contributed by atoms with Gasteiger partial charge in [-0.05, 0) is 63.1 Å². The summed E-state index contributed by atoms with van der Waals surface area (Å²) in [6, 6.07) is 9.81. The molecule has 186 valence electrons. The summed E-state index contributed by atoms with van der Waals surface area (Å²) >= 11 is 1.61. The molecule has 2 aliphatic rings. The fraction of sp³-hybridized carbons (Fsp3) is 0.333. The van der Waals surface area contributed by atoms with E-state index in [1.54, 1.807) is 50.4 Å². The third-order valence-electron chi connectivity index (χ3n) is 6.50. The maximum atomic E-state index is 13.6. The molecule has 0 bridgehead atoms. The molecule has 3 aromatic rings. The van der Waals surface area contributed by atoms with Crippen molar-refractivity contribution in [3.8, 4) is 22.8 Å². The molecular weight excluding hydrogens is 478 g/mol. The number of benzene rings is 2. The van der Waals surface area contributed by atoms with E-state index in [0.29, 0.717) is 28.4 Å². The molecule has 2 amide bonds. The number of anilines is 2. The number of carbonyl (C=O) groups is 3. The Morgan fingerprint density at radius 3 is 2.72 bits per heavy atom. The topological polar surface area (TPSA) is 89.0 Å². The van der Waals surface area contributed by atoms with Gasteiger partial charge in [0.05, 0.1) is 28.1 Å². The van der Waals surface area contributed by atoms with Crippen LogP contribution >= 0.6 is 11.3 Å². The Morgan fingerprint density at radius 2 is 1.94 bits per heavy atom. The minimum atomic E-state index is -0.788. The van der Waals surface area contributed by atoms with E-state index in [0.717, 1.165) is 29.1 Å². The van der Waals surface area contributed by atoms with E-state index in [4.69, 9.17) is 14.5 Å². The molecule has 0 N–H and O–H groups in total. The molecule has 8 nitrogen and oxygen atoms in total. The van der Waals surface area contributed by atoms with E-state index in [9.17, 15) is 14.4 Å². The van der Waals surface area contributed by atoms with Crippen LogP contribution in [0.5, 0.6) is 11.5 Å². The van der Waals surface area contributed by atoms with Crippen LogP contribution in [0.25, 0.3) is 11.3 Å². The molecule has 2 unspecified atom stereocenters. The van der Waals surface area contributed by atoms with Crippen molar-refractivity contribution in [2.24, 2.45) is 0 Å². The molecule has 2 aromatic carbocycles. The monoisotopic (exact) mass is 505 g/mol. The highest BCUT2D eigenvalue weighted by molar-refractivity contribution is 7.09. The summed E-state index contributed by atoms with van der Waals surface area (Å²) < 4.78 is 11.3. The molecular formula is C27H27N3O5S. The van der Waals surface area contributed by atoms with Crippen LogP contribution in [-0.4, -0.2) is 48.4 Å². The second-order valence-electron chi connectivity index (χ2n) is 8.99. The summed E-state index contributed by atoms with van der Waals surface area (Å²) in [7, 11) is 1.66. The third-order valence-corrected chi connectivity index (χ3v) is 7.41. The molecule has 36 heavy (non-hydrogen) atoms. The average molecular weight is 506 g/mol. The first-order valence-corrected chi connectivity index (χ1v) is 12.8. The Balaban J connectivity index is 1.47. The highest BCUT2D eigenvalue weighted by Gasteiger charge is 2.35. The smallest absolute Gasteiger partial charge is 0.267 e. The average Bonchev–Trinajstić information content (AvgIpc) is 3.35. The number of ether oxygens (including phenoxy) is 2. The van der Waals surface area contributed by atoms with Crippen molar-refractivity contribution in [3.63, 3.8) is 0 Å². The zero-order valence-corrected chi connectivity index (χ0v) is 21.4. The maximum absolute atomic E-state index is 13.6. The maximum Gasteiger partial charge on any atom is 0.267 e. The number of carbonyl (C=O) groups excluding carboxylic acids is 3. The third kappa shape index (κ3) is 4.13. The van der Waals surface area contributed by atoms with Crippen LogP contribution in [0.1, 0.15) is 42.6 Å². The van der Waals surface area contributed by atoms with Gasteiger partial charge in [-0.25, -0.2) is 4.98 Å². The first-order valence-electron chi connectivity index (χ1n) is 11.9. The molecule has 0 spiro atoms. The number of aromatic nitrogens is 1. The first-order chi connectivity index (χ1) is 17.3. The number of amides is 2. The number of thiazole rings is 1. The number of likely N-dealkylation sites (N-methyl/N-ethyl adjacent to an activating group) is 1. The van der Waals surface area contributed by atoms with Crippen LogP contribution in [0, 0.1) is 0 Å². The minimum absolute atomic E-state index is 0.144. The van der Waals surface area contributed by atoms with Gasteiger partial charge in [0, 0.05) is 23.6 Å². The number of ketones is 1. The Kier molecular flexibility index (Phi) is 6.26. The van der Waals surface area contributed by atoms with Crippen molar-refractivity contribution in [1.29, 1.82) is 0 Å². The van der Waals surface area contributed by atoms with Crippen LogP contribution in [-0.2, 0) is 16.0 Å². The normalized spacial score (nSPS) is 17.7. The van der Waals surface area contributed by atoms with E-state index in [1.165, 1.54) is 9.80 Å². The summed E-state index contributed by atoms with van der Waals surface area (Å²) in [5, 5.41) is 3.07. The molecule has 0 fully saturated rings. The van der Waals surface area contributed by atoms with Gasteiger partial charge in [0.2, 0.25) is 0 Å². The molecule has 0 saturated carbocycles. The number of nitrogens with zero attached hydrogens (tertiary/aromatic N) is 3. The van der Waals surface area contributed by atoms with E-state index in [-0.39, 0.29) is 24.2 Å². The highest BCUT2D eigenvalue weighted by Crippen LogP contribution is 2.39. The van der Waals surface area contributed by atoms with Gasteiger partial charge in [0.25, 0.3) is 11.8 Å². The van der Waals surface area contributed by atoms with Crippen molar-refractivity contribution < 1.29 is 23.9 Å². The molecule has 0 radical (unpaired) electrons. The van der Waals surface area contributed by atoms with E-state index >= 15 is 0 Å². The predicted molar refractivity (Wildman–Crippen MR) is 138 cm³/mol. The quantitative estimate of drug-likeness (QED) is 0.458. The number of fused-ring (bicyclic) bond motifs is 2. The molecule has 0 aliphatic carbocycles. The highest BCUT2D eigenvalue weighted by atomic mass is 32.1. The lowest BCUT2D eigenvalue weighted by atomic mass is 10.00. The van der Waals surface area contributed by atoms with Gasteiger partial charge in [-0.3, -0.25) is 19.3 Å². The largest absolute Gasteiger partial charge is 0.482 e. The van der Waals surface area contributed by atoms with Crippen molar-refractivity contribution in [1.82, 2.24) is 4.98 Å². The van der Waals surface area contributed by atoms with Crippen LogP contribution in [0.15, 0.2) is 41.8 Å². The molecule has 0 saturated heterocycles. The van der Waals surface area contributed by atoms with Gasteiger partial charge in [0.1, 0.15) is 11.5 Å². The zero-order valence-electron chi connectivity index (χ0n) is 20.6. The Bertz CT molecular complexity index is 1370. The van der Waals surface area contributed by atoms with Gasteiger partial charge >= 0.3 is 0 Å². The van der Waals surface area contributed by atoms with Crippen LogP contribution in [0.3, 0.4) is 0 Å². The SMILES string of the molecule is CCCc1nc(-c2ccc3c(c2)N(C(C)C(=O)c2ccc4c(c2)N(C)C(=O)C(C)O4)C(=O)CO3)cs1. The summed E-state index contributed by atoms with van der Waals surface area (Å²) in [5.74, 6) is 0.349. The van der Waals surface area contributed by atoms with Gasteiger partial charge < -0.3 is 14.4 Å². The van der Waals surface area contributed by atoms with Crippen LogP contribution in [0.2, 0.25) is 0 Å². The van der Waals surface area contributed by atoms with Gasteiger partial charge in [-0.2, -0.15) is 0 Å². The lowest BCUT2D eigenvalue weighted by Gasteiger charge is -2.34. The molecule has 1 aromatic heterocycles.